The molecule has 0 saturated heterocycles. The largest absolute Gasteiger partial charge is 0.491 e. The molecular weight excluding hydrogens is 282 g/mol. The Hall–Kier alpha value is -2.04. The van der Waals surface area contributed by atoms with E-state index in [-0.39, 0.29) is 18.4 Å². The first kappa shape index (κ1) is 16.3. The minimum Gasteiger partial charge on any atom is -0.491 e. The summed E-state index contributed by atoms with van der Waals surface area (Å²) >= 11 is 0. The van der Waals surface area contributed by atoms with E-state index in [0.29, 0.717) is 19.4 Å². The quantitative estimate of drug-likeness (QED) is 0.811. The van der Waals surface area contributed by atoms with Crippen LogP contribution < -0.4 is 10.1 Å². The minimum absolute atomic E-state index is 0.0527. The van der Waals surface area contributed by atoms with Crippen molar-refractivity contribution in [2.75, 3.05) is 6.61 Å². The number of carboxylic acids is 1. The molecule has 1 aromatic rings. The molecule has 1 atom stereocenters. The van der Waals surface area contributed by atoms with Gasteiger partial charge in [0, 0.05) is 6.42 Å². The first-order valence-corrected chi connectivity index (χ1v) is 7.63. The normalized spacial score (nSPS) is 17.2. The van der Waals surface area contributed by atoms with Crippen LogP contribution in [0.1, 0.15) is 38.2 Å². The fourth-order valence-corrected chi connectivity index (χ4v) is 2.67. The van der Waals surface area contributed by atoms with Crippen LogP contribution in [0.25, 0.3) is 0 Å². The van der Waals surface area contributed by atoms with Crippen LogP contribution in [0.4, 0.5) is 0 Å². The van der Waals surface area contributed by atoms with E-state index < -0.39 is 11.4 Å². The molecule has 5 heteroatoms. The fraction of sp³-hybridized carbons (Fsp3) is 0.529. The number of carboxylic acid groups (broad SMARTS) is 1. The highest BCUT2D eigenvalue weighted by Crippen LogP contribution is 2.44. The molecule has 0 aliphatic heterocycles. The molecule has 0 aromatic heterocycles. The van der Waals surface area contributed by atoms with Gasteiger partial charge in [0.2, 0.25) is 5.91 Å². The molecule has 1 fully saturated rings. The third-order valence-corrected chi connectivity index (χ3v) is 4.16. The van der Waals surface area contributed by atoms with Gasteiger partial charge in [-0.25, -0.2) is 0 Å². The first-order chi connectivity index (χ1) is 10.4. The number of amides is 1. The van der Waals surface area contributed by atoms with Gasteiger partial charge >= 0.3 is 5.97 Å². The predicted octanol–water partition coefficient (Wildman–Crippen LogP) is 2.52. The molecule has 0 heterocycles. The number of rotatable bonds is 7. The molecule has 2 N–H and O–H groups in total. The Balaban J connectivity index is 1.78. The van der Waals surface area contributed by atoms with Crippen molar-refractivity contribution in [3.05, 3.63) is 29.8 Å². The van der Waals surface area contributed by atoms with Crippen molar-refractivity contribution in [1.82, 2.24) is 5.32 Å². The second-order valence-electron chi connectivity index (χ2n) is 6.21. The number of benzene rings is 1. The standard InChI is InChI=1S/C17H23NO4/c1-12-5-3-6-14(9-12)22-11-13(2)18-15(19)10-17(16(20)21)7-4-8-17/h3,5-6,9,13H,4,7-8,10-11H2,1-2H3,(H,18,19)(H,20,21). The Morgan fingerprint density at radius 1 is 1.41 bits per heavy atom. The number of aliphatic carboxylic acids is 1. The van der Waals surface area contributed by atoms with Crippen molar-refractivity contribution in [3.63, 3.8) is 0 Å². The molecule has 1 saturated carbocycles. The van der Waals surface area contributed by atoms with E-state index >= 15 is 0 Å². The van der Waals surface area contributed by atoms with Gasteiger partial charge in [-0.3, -0.25) is 9.59 Å². The molecule has 0 spiro atoms. The zero-order valence-corrected chi connectivity index (χ0v) is 13.1. The lowest BCUT2D eigenvalue weighted by Crippen LogP contribution is -2.45. The average molecular weight is 305 g/mol. The summed E-state index contributed by atoms with van der Waals surface area (Å²) in [6.45, 7) is 4.19. The van der Waals surface area contributed by atoms with Crippen molar-refractivity contribution in [2.24, 2.45) is 5.41 Å². The summed E-state index contributed by atoms with van der Waals surface area (Å²) in [5.41, 5.74) is 0.267. The maximum absolute atomic E-state index is 12.0. The van der Waals surface area contributed by atoms with Gasteiger partial charge in [-0.2, -0.15) is 0 Å². The number of carbonyl (C=O) groups is 2. The smallest absolute Gasteiger partial charge is 0.310 e. The number of hydrogen-bond acceptors (Lipinski definition) is 3. The zero-order valence-electron chi connectivity index (χ0n) is 13.1. The highest BCUT2D eigenvalue weighted by molar-refractivity contribution is 5.85. The molecule has 1 aliphatic rings. The Labute approximate surface area is 130 Å². The summed E-state index contributed by atoms with van der Waals surface area (Å²) in [6.07, 6.45) is 2.11. The minimum atomic E-state index is -0.863. The van der Waals surface area contributed by atoms with Gasteiger partial charge in [-0.15, -0.1) is 0 Å². The van der Waals surface area contributed by atoms with Crippen LogP contribution in [0.3, 0.4) is 0 Å². The zero-order chi connectivity index (χ0) is 16.2. The van der Waals surface area contributed by atoms with Crippen molar-refractivity contribution in [2.45, 2.75) is 45.6 Å². The van der Waals surface area contributed by atoms with Crippen LogP contribution in [0.5, 0.6) is 5.75 Å². The van der Waals surface area contributed by atoms with E-state index in [1.54, 1.807) is 0 Å². The number of nitrogens with one attached hydrogen (secondary N) is 1. The summed E-state index contributed by atoms with van der Waals surface area (Å²) in [5.74, 6) is -0.317. The number of aryl methyl sites for hydroxylation is 1. The molecular formula is C17H23NO4. The summed E-state index contributed by atoms with van der Waals surface area (Å²) in [5, 5.41) is 12.1. The van der Waals surface area contributed by atoms with E-state index in [1.165, 1.54) is 0 Å². The number of hydrogen-bond donors (Lipinski definition) is 2. The average Bonchev–Trinajstić information content (AvgIpc) is 2.40. The van der Waals surface area contributed by atoms with Crippen molar-refractivity contribution < 1.29 is 19.4 Å². The van der Waals surface area contributed by atoms with Gasteiger partial charge in [0.15, 0.2) is 0 Å². The molecule has 0 bridgehead atoms. The fourth-order valence-electron chi connectivity index (χ4n) is 2.67. The number of ether oxygens (including phenoxy) is 1. The second-order valence-corrected chi connectivity index (χ2v) is 6.21. The molecule has 120 valence electrons. The van der Waals surface area contributed by atoms with Crippen LogP contribution >= 0.6 is 0 Å². The molecule has 1 aliphatic carbocycles. The van der Waals surface area contributed by atoms with E-state index in [9.17, 15) is 14.7 Å². The Bertz CT molecular complexity index is 551. The molecule has 1 unspecified atom stereocenters. The van der Waals surface area contributed by atoms with E-state index in [0.717, 1.165) is 17.7 Å². The molecule has 0 radical (unpaired) electrons. The molecule has 22 heavy (non-hydrogen) atoms. The van der Waals surface area contributed by atoms with Crippen LogP contribution in [0.15, 0.2) is 24.3 Å². The second kappa shape index (κ2) is 6.81. The Kier molecular flexibility index (Phi) is 5.06. The summed E-state index contributed by atoms with van der Waals surface area (Å²) in [7, 11) is 0. The van der Waals surface area contributed by atoms with Crippen molar-refractivity contribution in [1.29, 1.82) is 0 Å². The SMILES string of the molecule is Cc1cccc(OCC(C)NC(=O)CC2(C(=O)O)CCC2)c1. The predicted molar refractivity (Wildman–Crippen MR) is 82.8 cm³/mol. The molecule has 2 rings (SSSR count). The van der Waals surface area contributed by atoms with Crippen molar-refractivity contribution in [3.8, 4) is 5.75 Å². The Morgan fingerprint density at radius 3 is 2.68 bits per heavy atom. The lowest BCUT2D eigenvalue weighted by Gasteiger charge is -2.37. The van der Waals surface area contributed by atoms with Crippen molar-refractivity contribution >= 4 is 11.9 Å². The van der Waals surface area contributed by atoms with Crippen LogP contribution in [0, 0.1) is 12.3 Å². The van der Waals surface area contributed by atoms with Crippen LogP contribution in [0.2, 0.25) is 0 Å². The van der Waals surface area contributed by atoms with E-state index in [4.69, 9.17) is 4.74 Å². The maximum Gasteiger partial charge on any atom is 0.310 e. The van der Waals surface area contributed by atoms with Gasteiger partial charge < -0.3 is 15.2 Å². The van der Waals surface area contributed by atoms with E-state index in [1.807, 2.05) is 38.1 Å². The highest BCUT2D eigenvalue weighted by Gasteiger charge is 2.45. The van der Waals surface area contributed by atoms with Gasteiger partial charge in [0.05, 0.1) is 11.5 Å². The van der Waals surface area contributed by atoms with E-state index in [2.05, 4.69) is 5.32 Å². The van der Waals surface area contributed by atoms with Crippen LogP contribution in [-0.2, 0) is 9.59 Å². The topological polar surface area (TPSA) is 75.6 Å². The van der Waals surface area contributed by atoms with Gasteiger partial charge in [0.1, 0.15) is 12.4 Å². The van der Waals surface area contributed by atoms with Gasteiger partial charge in [0.25, 0.3) is 0 Å². The summed E-state index contributed by atoms with van der Waals surface area (Å²) < 4.78 is 5.64. The molecule has 1 aromatic carbocycles. The van der Waals surface area contributed by atoms with Gasteiger partial charge in [-0.05, 0) is 44.4 Å². The van der Waals surface area contributed by atoms with Crippen LogP contribution in [-0.4, -0.2) is 29.6 Å². The third kappa shape index (κ3) is 4.00. The van der Waals surface area contributed by atoms with Gasteiger partial charge in [-0.1, -0.05) is 18.6 Å². The Morgan fingerprint density at radius 2 is 2.14 bits per heavy atom. The first-order valence-electron chi connectivity index (χ1n) is 7.63. The summed E-state index contributed by atoms with van der Waals surface area (Å²) in [6, 6.07) is 7.54. The molecule has 5 nitrogen and oxygen atoms in total. The molecule has 1 amide bonds. The highest BCUT2D eigenvalue weighted by atomic mass is 16.5. The maximum atomic E-state index is 12.0. The lowest BCUT2D eigenvalue weighted by atomic mass is 9.66. The monoisotopic (exact) mass is 305 g/mol. The summed E-state index contributed by atoms with van der Waals surface area (Å²) in [4.78, 5) is 23.3. The number of carbonyl (C=O) groups excluding carboxylic acids is 1. The lowest BCUT2D eigenvalue weighted by molar-refractivity contribution is -0.157. The third-order valence-electron chi connectivity index (χ3n) is 4.16.